The molecule has 18 heavy (non-hydrogen) atoms. The van der Waals surface area contributed by atoms with Crippen LogP contribution in [0.2, 0.25) is 5.02 Å². The summed E-state index contributed by atoms with van der Waals surface area (Å²) >= 11 is 5.89. The maximum absolute atomic E-state index is 11.2. The summed E-state index contributed by atoms with van der Waals surface area (Å²) in [6.45, 7) is 1.16. The molecule has 1 fully saturated rings. The van der Waals surface area contributed by atoms with E-state index in [0.29, 0.717) is 23.6 Å². The molecule has 0 spiro atoms. The molecule has 0 bridgehead atoms. The number of carbonyl (C=O) groups is 1. The zero-order valence-corrected chi connectivity index (χ0v) is 10.7. The van der Waals surface area contributed by atoms with Crippen molar-refractivity contribution in [2.45, 2.75) is 31.8 Å². The van der Waals surface area contributed by atoms with E-state index in [9.17, 15) is 15.0 Å². The van der Waals surface area contributed by atoms with Crippen molar-refractivity contribution in [1.82, 2.24) is 4.90 Å². The quantitative estimate of drug-likeness (QED) is 0.885. The maximum Gasteiger partial charge on any atom is 0.320 e. The summed E-state index contributed by atoms with van der Waals surface area (Å²) in [6, 6.07) is 4.38. The van der Waals surface area contributed by atoms with Gasteiger partial charge in [0.05, 0.1) is 0 Å². The number of phenolic OH excluding ortho intramolecular Hbond substituents is 1. The van der Waals surface area contributed by atoms with Gasteiger partial charge in [0.2, 0.25) is 0 Å². The Morgan fingerprint density at radius 2 is 2.22 bits per heavy atom. The number of nitrogens with zero attached hydrogens (tertiary/aromatic N) is 1. The van der Waals surface area contributed by atoms with E-state index in [1.165, 1.54) is 6.07 Å². The van der Waals surface area contributed by atoms with Crippen LogP contribution in [-0.4, -0.2) is 33.7 Å². The Bertz CT molecular complexity index is 450. The summed E-state index contributed by atoms with van der Waals surface area (Å²) < 4.78 is 0. The van der Waals surface area contributed by atoms with Crippen molar-refractivity contribution in [3.05, 3.63) is 28.8 Å². The third-order valence-electron chi connectivity index (χ3n) is 3.31. The summed E-state index contributed by atoms with van der Waals surface area (Å²) in [5.41, 5.74) is 0.677. The summed E-state index contributed by atoms with van der Waals surface area (Å²) in [6.07, 6.45) is 2.59. The Balaban J connectivity index is 2.15. The molecular formula is C13H16ClNO3. The van der Waals surface area contributed by atoms with Crippen LogP contribution in [0.5, 0.6) is 5.75 Å². The maximum atomic E-state index is 11.2. The molecule has 0 radical (unpaired) electrons. The van der Waals surface area contributed by atoms with E-state index in [4.69, 9.17) is 11.6 Å². The fraction of sp³-hybridized carbons (Fsp3) is 0.462. The SMILES string of the molecule is O=C(O)C1CCCCN1Cc1cc(Cl)ccc1O. The van der Waals surface area contributed by atoms with Crippen LogP contribution < -0.4 is 0 Å². The molecule has 2 rings (SSSR count). The fourth-order valence-corrected chi connectivity index (χ4v) is 2.55. The van der Waals surface area contributed by atoms with E-state index in [1.54, 1.807) is 12.1 Å². The molecule has 2 N–H and O–H groups in total. The monoisotopic (exact) mass is 269 g/mol. The van der Waals surface area contributed by atoms with Crippen LogP contribution in [0.25, 0.3) is 0 Å². The fourth-order valence-electron chi connectivity index (χ4n) is 2.36. The molecular weight excluding hydrogens is 254 g/mol. The minimum Gasteiger partial charge on any atom is -0.508 e. The van der Waals surface area contributed by atoms with Gasteiger partial charge in [-0.3, -0.25) is 9.69 Å². The molecule has 1 saturated heterocycles. The highest BCUT2D eigenvalue weighted by Gasteiger charge is 2.28. The van der Waals surface area contributed by atoms with Gasteiger partial charge in [-0.2, -0.15) is 0 Å². The normalized spacial score (nSPS) is 20.8. The first-order valence-corrected chi connectivity index (χ1v) is 6.40. The number of carboxylic acid groups (broad SMARTS) is 1. The van der Waals surface area contributed by atoms with E-state index in [2.05, 4.69) is 0 Å². The molecule has 1 aliphatic rings. The minimum absolute atomic E-state index is 0.161. The van der Waals surface area contributed by atoms with Gasteiger partial charge in [-0.1, -0.05) is 18.0 Å². The van der Waals surface area contributed by atoms with Crippen LogP contribution in [0.15, 0.2) is 18.2 Å². The average molecular weight is 270 g/mol. The second-order valence-electron chi connectivity index (χ2n) is 4.59. The number of aliphatic carboxylic acids is 1. The summed E-state index contributed by atoms with van der Waals surface area (Å²) in [4.78, 5) is 13.1. The van der Waals surface area contributed by atoms with Crippen molar-refractivity contribution in [2.75, 3.05) is 6.54 Å². The van der Waals surface area contributed by atoms with Crippen LogP contribution in [-0.2, 0) is 11.3 Å². The second-order valence-corrected chi connectivity index (χ2v) is 5.03. The molecule has 1 atom stereocenters. The van der Waals surface area contributed by atoms with Gasteiger partial charge in [0.15, 0.2) is 0 Å². The number of likely N-dealkylation sites (tertiary alicyclic amines) is 1. The Morgan fingerprint density at radius 3 is 2.94 bits per heavy atom. The van der Waals surface area contributed by atoms with E-state index in [1.807, 2.05) is 4.90 Å². The van der Waals surface area contributed by atoms with Gasteiger partial charge in [0, 0.05) is 17.1 Å². The molecule has 1 aromatic rings. The first-order valence-electron chi connectivity index (χ1n) is 6.02. The van der Waals surface area contributed by atoms with Crippen LogP contribution in [0.4, 0.5) is 0 Å². The minimum atomic E-state index is -0.795. The Morgan fingerprint density at radius 1 is 1.44 bits per heavy atom. The highest BCUT2D eigenvalue weighted by molar-refractivity contribution is 6.30. The molecule has 1 aromatic carbocycles. The summed E-state index contributed by atoms with van der Waals surface area (Å²) in [5.74, 6) is -0.634. The Labute approximate surface area is 111 Å². The molecule has 1 unspecified atom stereocenters. The average Bonchev–Trinajstić information content (AvgIpc) is 2.34. The van der Waals surface area contributed by atoms with Gasteiger partial charge in [0.1, 0.15) is 11.8 Å². The van der Waals surface area contributed by atoms with E-state index >= 15 is 0 Å². The van der Waals surface area contributed by atoms with Gasteiger partial charge in [-0.15, -0.1) is 0 Å². The van der Waals surface area contributed by atoms with Crippen molar-refractivity contribution in [1.29, 1.82) is 0 Å². The molecule has 5 heteroatoms. The number of phenols is 1. The van der Waals surface area contributed by atoms with E-state index < -0.39 is 12.0 Å². The molecule has 0 amide bonds. The Hall–Kier alpha value is -1.26. The number of carboxylic acids is 1. The van der Waals surface area contributed by atoms with Crippen molar-refractivity contribution in [3.63, 3.8) is 0 Å². The summed E-state index contributed by atoms with van der Waals surface area (Å²) in [7, 11) is 0. The number of piperidine rings is 1. The lowest BCUT2D eigenvalue weighted by atomic mass is 10.0. The first kappa shape index (κ1) is 13.2. The number of rotatable bonds is 3. The van der Waals surface area contributed by atoms with Crippen molar-refractivity contribution in [3.8, 4) is 5.75 Å². The number of halogens is 1. The van der Waals surface area contributed by atoms with Crippen molar-refractivity contribution >= 4 is 17.6 Å². The van der Waals surface area contributed by atoms with Crippen molar-refractivity contribution < 1.29 is 15.0 Å². The lowest BCUT2D eigenvalue weighted by Gasteiger charge is -2.33. The molecule has 98 valence electrons. The number of aromatic hydroxyl groups is 1. The highest BCUT2D eigenvalue weighted by Crippen LogP contribution is 2.26. The topological polar surface area (TPSA) is 60.8 Å². The van der Waals surface area contributed by atoms with E-state index in [0.717, 1.165) is 19.4 Å². The molecule has 1 aliphatic heterocycles. The lowest BCUT2D eigenvalue weighted by Crippen LogP contribution is -2.44. The lowest BCUT2D eigenvalue weighted by molar-refractivity contribution is -0.144. The zero-order valence-electron chi connectivity index (χ0n) is 9.97. The van der Waals surface area contributed by atoms with Gasteiger partial charge in [-0.25, -0.2) is 0 Å². The number of hydrogen-bond donors (Lipinski definition) is 2. The zero-order chi connectivity index (χ0) is 13.1. The third-order valence-corrected chi connectivity index (χ3v) is 3.55. The van der Waals surface area contributed by atoms with Gasteiger partial charge in [-0.05, 0) is 37.6 Å². The van der Waals surface area contributed by atoms with Gasteiger partial charge in [0.25, 0.3) is 0 Å². The van der Waals surface area contributed by atoms with Gasteiger partial charge < -0.3 is 10.2 Å². The second kappa shape index (κ2) is 5.59. The molecule has 0 aliphatic carbocycles. The van der Waals surface area contributed by atoms with Crippen LogP contribution in [0, 0.1) is 0 Å². The molecule has 0 saturated carbocycles. The van der Waals surface area contributed by atoms with E-state index in [-0.39, 0.29) is 5.75 Å². The molecule has 4 nitrogen and oxygen atoms in total. The van der Waals surface area contributed by atoms with Crippen LogP contribution in [0.1, 0.15) is 24.8 Å². The highest BCUT2D eigenvalue weighted by atomic mass is 35.5. The summed E-state index contributed by atoms with van der Waals surface area (Å²) in [5, 5.41) is 19.5. The standard InChI is InChI=1S/C13H16ClNO3/c14-10-4-5-12(16)9(7-10)8-15-6-2-1-3-11(15)13(17)18/h4-5,7,11,16H,1-3,6,8H2,(H,17,18). The van der Waals surface area contributed by atoms with Crippen LogP contribution in [0.3, 0.4) is 0 Å². The number of hydrogen-bond acceptors (Lipinski definition) is 3. The van der Waals surface area contributed by atoms with Crippen LogP contribution >= 0.6 is 11.6 Å². The first-order chi connectivity index (χ1) is 8.58. The van der Waals surface area contributed by atoms with Crippen molar-refractivity contribution in [2.24, 2.45) is 0 Å². The molecule has 1 heterocycles. The largest absolute Gasteiger partial charge is 0.508 e. The predicted molar refractivity (Wildman–Crippen MR) is 68.8 cm³/mol. The van der Waals surface area contributed by atoms with Gasteiger partial charge >= 0.3 is 5.97 Å². The molecule has 0 aromatic heterocycles. The Kier molecular flexibility index (Phi) is 4.09. The number of benzene rings is 1. The third kappa shape index (κ3) is 2.94. The smallest absolute Gasteiger partial charge is 0.320 e. The predicted octanol–water partition coefficient (Wildman–Crippen LogP) is 2.48.